The first-order chi connectivity index (χ1) is 5.76. The Labute approximate surface area is 75.4 Å². The number of carbonyl (C=O) groups excluding carboxylic acids is 2. The van der Waals surface area contributed by atoms with E-state index in [0.29, 0.717) is 6.42 Å². The van der Waals surface area contributed by atoms with Gasteiger partial charge in [-0.1, -0.05) is 0 Å². The number of carbonyl (C=O) groups is 1. The number of hydrogen-bond donors (Lipinski definition) is 0. The molecular weight excluding hydrogens is 178 g/mol. The van der Waals surface area contributed by atoms with Gasteiger partial charge in [-0.25, -0.2) is 9.59 Å². The quantitative estimate of drug-likeness (QED) is 0.361. The van der Waals surface area contributed by atoms with Crippen molar-refractivity contribution in [3.05, 3.63) is 0 Å². The van der Waals surface area contributed by atoms with E-state index in [1.807, 2.05) is 6.26 Å². The Morgan fingerprint density at radius 1 is 1.75 bits per heavy atom. The van der Waals surface area contributed by atoms with Crippen molar-refractivity contribution in [3.8, 4) is 0 Å². The van der Waals surface area contributed by atoms with Crippen molar-refractivity contribution < 1.29 is 14.3 Å². The Morgan fingerprint density at radius 3 is 2.83 bits per heavy atom. The van der Waals surface area contributed by atoms with Crippen LogP contribution in [0.1, 0.15) is 6.42 Å². The van der Waals surface area contributed by atoms with Crippen LogP contribution in [0.25, 0.3) is 0 Å². The molecule has 0 heterocycles. The first-order valence-electron chi connectivity index (χ1n) is 3.40. The van der Waals surface area contributed by atoms with Gasteiger partial charge < -0.3 is 4.74 Å². The summed E-state index contributed by atoms with van der Waals surface area (Å²) >= 11 is 1.59. The fraction of sp³-hybridized carbons (Fsp3) is 0.714. The molecule has 0 rings (SSSR count). The molecule has 0 aromatic rings. The summed E-state index contributed by atoms with van der Waals surface area (Å²) in [5.74, 6) is 0.290. The van der Waals surface area contributed by atoms with E-state index in [-0.39, 0.29) is 0 Å². The number of isocyanates is 1. The van der Waals surface area contributed by atoms with E-state index in [1.165, 1.54) is 13.2 Å². The van der Waals surface area contributed by atoms with E-state index >= 15 is 0 Å². The molecule has 0 aliphatic rings. The van der Waals surface area contributed by atoms with Gasteiger partial charge in [-0.2, -0.15) is 16.8 Å². The van der Waals surface area contributed by atoms with Crippen molar-refractivity contribution in [2.75, 3.05) is 19.1 Å². The summed E-state index contributed by atoms with van der Waals surface area (Å²) in [5.41, 5.74) is 0. The predicted octanol–water partition coefficient (Wildman–Crippen LogP) is 0.617. The van der Waals surface area contributed by atoms with Gasteiger partial charge in [0, 0.05) is 0 Å². The molecule has 0 aliphatic heterocycles. The monoisotopic (exact) mass is 189 g/mol. The summed E-state index contributed by atoms with van der Waals surface area (Å²) in [4.78, 5) is 24.1. The van der Waals surface area contributed by atoms with Gasteiger partial charge in [0.05, 0.1) is 7.11 Å². The molecule has 0 aromatic heterocycles. The lowest BCUT2D eigenvalue weighted by Gasteiger charge is -2.05. The van der Waals surface area contributed by atoms with Gasteiger partial charge in [-0.05, 0) is 18.4 Å². The number of hydrogen-bond acceptors (Lipinski definition) is 5. The highest BCUT2D eigenvalue weighted by Crippen LogP contribution is 2.04. The minimum absolute atomic E-state index is 0.479. The van der Waals surface area contributed by atoms with Crippen molar-refractivity contribution >= 4 is 23.8 Å². The highest BCUT2D eigenvalue weighted by atomic mass is 32.2. The second kappa shape index (κ2) is 6.88. The van der Waals surface area contributed by atoms with E-state index in [0.717, 1.165) is 5.75 Å². The molecule has 0 aliphatic carbocycles. The molecule has 12 heavy (non-hydrogen) atoms. The van der Waals surface area contributed by atoms with E-state index in [4.69, 9.17) is 0 Å². The van der Waals surface area contributed by atoms with Crippen LogP contribution in [0.4, 0.5) is 0 Å². The molecule has 1 unspecified atom stereocenters. The van der Waals surface area contributed by atoms with Gasteiger partial charge in [0.2, 0.25) is 6.08 Å². The van der Waals surface area contributed by atoms with E-state index < -0.39 is 12.0 Å². The molecule has 0 saturated heterocycles. The zero-order valence-electron chi connectivity index (χ0n) is 7.07. The molecule has 0 N–H and O–H groups in total. The SMILES string of the molecule is COC(=O)C(CCSC)N=C=O. The van der Waals surface area contributed by atoms with Crippen LogP contribution in [0.5, 0.6) is 0 Å². The van der Waals surface area contributed by atoms with Crippen LogP contribution >= 0.6 is 11.8 Å². The third-order valence-electron chi connectivity index (χ3n) is 1.28. The van der Waals surface area contributed by atoms with Crippen molar-refractivity contribution in [3.63, 3.8) is 0 Å². The number of rotatable bonds is 5. The molecule has 68 valence electrons. The van der Waals surface area contributed by atoms with Crippen LogP contribution in [0, 0.1) is 0 Å². The third kappa shape index (κ3) is 4.16. The number of ether oxygens (including phenoxy) is 1. The van der Waals surface area contributed by atoms with Crippen molar-refractivity contribution in [2.45, 2.75) is 12.5 Å². The highest BCUT2D eigenvalue weighted by molar-refractivity contribution is 7.98. The summed E-state index contributed by atoms with van der Waals surface area (Å²) < 4.78 is 4.44. The molecular formula is C7H11NO3S. The number of thioether (sulfide) groups is 1. The molecule has 5 heteroatoms. The number of nitrogens with zero attached hydrogens (tertiary/aromatic N) is 1. The molecule has 1 atom stereocenters. The lowest BCUT2D eigenvalue weighted by molar-refractivity contribution is -0.142. The van der Waals surface area contributed by atoms with Crippen LogP contribution in [0.2, 0.25) is 0 Å². The number of aliphatic imine (C=N–C) groups is 1. The van der Waals surface area contributed by atoms with Crippen LogP contribution in [-0.4, -0.2) is 37.2 Å². The van der Waals surface area contributed by atoms with Gasteiger partial charge in [0.1, 0.15) is 0 Å². The average Bonchev–Trinajstić information content (AvgIpc) is 2.11. The molecule has 0 amide bonds. The highest BCUT2D eigenvalue weighted by Gasteiger charge is 2.16. The minimum Gasteiger partial charge on any atom is -0.467 e. The normalized spacial score (nSPS) is 11.5. The van der Waals surface area contributed by atoms with Gasteiger partial charge in [0.25, 0.3) is 0 Å². The summed E-state index contributed by atoms with van der Waals surface area (Å²) in [6, 6.07) is -0.681. The van der Waals surface area contributed by atoms with E-state index in [1.54, 1.807) is 11.8 Å². The first kappa shape index (κ1) is 11.2. The zero-order valence-corrected chi connectivity index (χ0v) is 7.89. The maximum atomic E-state index is 10.9. The standard InChI is InChI=1S/C7H11NO3S/c1-11-7(10)6(8-5-9)3-4-12-2/h6H,3-4H2,1-2H3. The topological polar surface area (TPSA) is 55.7 Å². The lowest BCUT2D eigenvalue weighted by atomic mass is 10.2. The zero-order chi connectivity index (χ0) is 9.40. The third-order valence-corrected chi connectivity index (χ3v) is 1.92. The van der Waals surface area contributed by atoms with Gasteiger partial charge in [0.15, 0.2) is 6.04 Å². The summed E-state index contributed by atoms with van der Waals surface area (Å²) in [5, 5.41) is 0. The number of methoxy groups -OCH3 is 1. The molecule has 0 aromatic carbocycles. The van der Waals surface area contributed by atoms with Crippen LogP contribution < -0.4 is 0 Å². The largest absolute Gasteiger partial charge is 0.467 e. The smallest absolute Gasteiger partial charge is 0.331 e. The van der Waals surface area contributed by atoms with Crippen molar-refractivity contribution in [1.82, 2.24) is 0 Å². The Balaban J connectivity index is 4.03. The number of esters is 1. The Hall–Kier alpha value is -0.800. The first-order valence-corrected chi connectivity index (χ1v) is 4.79. The second-order valence-corrected chi connectivity index (χ2v) is 3.03. The molecule has 0 radical (unpaired) electrons. The summed E-state index contributed by atoms with van der Waals surface area (Å²) in [6.07, 6.45) is 3.79. The minimum atomic E-state index is -0.681. The Kier molecular flexibility index (Phi) is 6.42. The lowest BCUT2D eigenvalue weighted by Crippen LogP contribution is -2.20. The maximum absolute atomic E-state index is 10.9. The molecule has 0 spiro atoms. The van der Waals surface area contributed by atoms with E-state index in [2.05, 4.69) is 9.73 Å². The summed E-state index contributed by atoms with van der Waals surface area (Å²) in [7, 11) is 1.27. The van der Waals surface area contributed by atoms with Gasteiger partial charge in [-0.3, -0.25) is 0 Å². The molecule has 0 saturated carbocycles. The molecule has 0 bridgehead atoms. The van der Waals surface area contributed by atoms with Gasteiger partial charge >= 0.3 is 5.97 Å². The average molecular weight is 189 g/mol. The summed E-state index contributed by atoms with van der Waals surface area (Å²) in [6.45, 7) is 0. The fourth-order valence-corrected chi connectivity index (χ4v) is 1.12. The van der Waals surface area contributed by atoms with E-state index in [9.17, 15) is 9.59 Å². The Bertz CT molecular complexity index is 189. The van der Waals surface area contributed by atoms with Crippen LogP contribution in [0.15, 0.2) is 4.99 Å². The van der Waals surface area contributed by atoms with Crippen molar-refractivity contribution in [1.29, 1.82) is 0 Å². The predicted molar refractivity (Wildman–Crippen MR) is 46.9 cm³/mol. The Morgan fingerprint density at radius 2 is 2.42 bits per heavy atom. The van der Waals surface area contributed by atoms with Crippen LogP contribution in [0.3, 0.4) is 0 Å². The molecule has 0 fully saturated rings. The second-order valence-electron chi connectivity index (χ2n) is 2.04. The van der Waals surface area contributed by atoms with Gasteiger partial charge in [-0.15, -0.1) is 0 Å². The molecule has 4 nitrogen and oxygen atoms in total. The fourth-order valence-electron chi connectivity index (χ4n) is 0.664. The maximum Gasteiger partial charge on any atom is 0.331 e. The van der Waals surface area contributed by atoms with Crippen LogP contribution in [-0.2, 0) is 14.3 Å². The van der Waals surface area contributed by atoms with Crippen molar-refractivity contribution in [2.24, 2.45) is 4.99 Å².